The van der Waals surface area contributed by atoms with E-state index in [0.717, 1.165) is 41.3 Å². The van der Waals surface area contributed by atoms with E-state index in [-0.39, 0.29) is 5.41 Å². The second-order valence-electron chi connectivity index (χ2n) is 6.01. The van der Waals surface area contributed by atoms with Crippen molar-refractivity contribution in [3.63, 3.8) is 0 Å². The lowest BCUT2D eigenvalue weighted by molar-refractivity contribution is 0.368. The van der Waals surface area contributed by atoms with Crippen LogP contribution in [0.3, 0.4) is 0 Å². The molecule has 3 rings (SSSR count). The Kier molecular flexibility index (Phi) is 2.97. The summed E-state index contributed by atoms with van der Waals surface area (Å²) in [5.41, 5.74) is 4.19. The summed E-state index contributed by atoms with van der Waals surface area (Å²) in [5.74, 6) is 6.38. The normalized spacial score (nSPS) is 18.8. The summed E-state index contributed by atoms with van der Waals surface area (Å²) >= 11 is 0. The molecule has 0 unspecified atom stereocenters. The molecule has 0 saturated carbocycles. The van der Waals surface area contributed by atoms with Crippen LogP contribution in [0.4, 0.5) is 11.5 Å². The van der Waals surface area contributed by atoms with Gasteiger partial charge in [0.05, 0.1) is 11.3 Å². The van der Waals surface area contributed by atoms with E-state index in [1.54, 1.807) is 0 Å². The third-order valence-electron chi connectivity index (χ3n) is 3.62. The van der Waals surface area contributed by atoms with E-state index in [2.05, 4.69) is 34.5 Å². The largest absolute Gasteiger partial charge is 0.338 e. The summed E-state index contributed by atoms with van der Waals surface area (Å²) < 4.78 is 0. The van der Waals surface area contributed by atoms with Crippen LogP contribution in [-0.2, 0) is 6.42 Å². The first-order valence-electron chi connectivity index (χ1n) is 6.75. The number of hydrogen-bond acceptors (Lipinski definition) is 4. The van der Waals surface area contributed by atoms with Gasteiger partial charge in [-0.15, -0.1) is 0 Å². The van der Waals surface area contributed by atoms with Crippen molar-refractivity contribution >= 4 is 17.2 Å². The molecule has 4 N–H and O–H groups in total. The number of H-pyrrole nitrogens is 1. The standard InChI is InChI=1S/C15H19N5/c1-15(2)8-11(18-16)13-12(9-15)19-20-14(13)17-10-6-4-3-5-7-10/h3-7H,8-9,16H2,1-2H3,(H2,17,19,20)/b18-11+. The quantitative estimate of drug-likeness (QED) is 0.579. The van der Waals surface area contributed by atoms with Gasteiger partial charge in [0.15, 0.2) is 5.82 Å². The molecule has 1 aliphatic rings. The van der Waals surface area contributed by atoms with Gasteiger partial charge in [-0.25, -0.2) is 0 Å². The molecule has 5 heteroatoms. The Morgan fingerprint density at radius 3 is 2.70 bits per heavy atom. The van der Waals surface area contributed by atoms with E-state index in [0.29, 0.717) is 0 Å². The molecule has 0 amide bonds. The number of nitrogens with one attached hydrogen (secondary N) is 2. The lowest BCUT2D eigenvalue weighted by atomic mass is 9.75. The fourth-order valence-electron chi connectivity index (χ4n) is 2.76. The molecule has 0 bridgehead atoms. The Hall–Kier alpha value is -2.30. The molecule has 0 saturated heterocycles. The number of nitrogens with zero attached hydrogens (tertiary/aromatic N) is 2. The molecule has 0 fully saturated rings. The minimum absolute atomic E-state index is 0.155. The maximum atomic E-state index is 5.58. The smallest absolute Gasteiger partial charge is 0.161 e. The van der Waals surface area contributed by atoms with Gasteiger partial charge in [0.25, 0.3) is 0 Å². The van der Waals surface area contributed by atoms with Gasteiger partial charge in [0, 0.05) is 11.4 Å². The van der Waals surface area contributed by atoms with Crippen molar-refractivity contribution in [2.24, 2.45) is 16.4 Å². The first-order chi connectivity index (χ1) is 9.59. The zero-order valence-corrected chi connectivity index (χ0v) is 11.8. The second-order valence-corrected chi connectivity index (χ2v) is 6.01. The first kappa shape index (κ1) is 12.7. The minimum atomic E-state index is 0.155. The number of hydrogen-bond donors (Lipinski definition) is 3. The van der Waals surface area contributed by atoms with Gasteiger partial charge in [-0.05, 0) is 30.4 Å². The Morgan fingerprint density at radius 2 is 2.00 bits per heavy atom. The molecular formula is C15H19N5. The SMILES string of the molecule is CC1(C)C/C(=N\N)c2c(Nc3ccccc3)n[nH]c2C1. The van der Waals surface area contributed by atoms with Gasteiger partial charge in [0.2, 0.25) is 0 Å². The summed E-state index contributed by atoms with van der Waals surface area (Å²) in [6.45, 7) is 4.43. The predicted molar refractivity (Wildman–Crippen MR) is 81.1 cm³/mol. The van der Waals surface area contributed by atoms with Gasteiger partial charge in [-0.2, -0.15) is 10.2 Å². The van der Waals surface area contributed by atoms with E-state index < -0.39 is 0 Å². The number of rotatable bonds is 2. The summed E-state index contributed by atoms with van der Waals surface area (Å²) in [6, 6.07) is 9.98. The Balaban J connectivity index is 1.98. The number of aromatic nitrogens is 2. The Morgan fingerprint density at radius 1 is 1.25 bits per heavy atom. The van der Waals surface area contributed by atoms with Crippen LogP contribution in [0.5, 0.6) is 0 Å². The van der Waals surface area contributed by atoms with Crippen LogP contribution in [-0.4, -0.2) is 15.9 Å². The molecule has 0 radical (unpaired) electrons. The summed E-state index contributed by atoms with van der Waals surface area (Å²) in [5, 5.41) is 14.8. The summed E-state index contributed by atoms with van der Waals surface area (Å²) in [6.07, 6.45) is 1.81. The molecule has 20 heavy (non-hydrogen) atoms. The summed E-state index contributed by atoms with van der Waals surface area (Å²) in [4.78, 5) is 0. The van der Waals surface area contributed by atoms with Crippen molar-refractivity contribution in [2.45, 2.75) is 26.7 Å². The number of aromatic amines is 1. The fourth-order valence-corrected chi connectivity index (χ4v) is 2.76. The highest BCUT2D eigenvalue weighted by molar-refractivity contribution is 6.07. The lowest BCUT2D eigenvalue weighted by Crippen LogP contribution is -2.28. The van der Waals surface area contributed by atoms with Crippen LogP contribution in [0.25, 0.3) is 0 Å². The molecule has 0 spiro atoms. The fraction of sp³-hybridized carbons (Fsp3) is 0.333. The molecule has 1 heterocycles. The van der Waals surface area contributed by atoms with Crippen LogP contribution in [0.1, 0.15) is 31.5 Å². The van der Waals surface area contributed by atoms with Gasteiger partial charge < -0.3 is 11.2 Å². The van der Waals surface area contributed by atoms with Crippen molar-refractivity contribution in [2.75, 3.05) is 5.32 Å². The molecule has 1 aromatic heterocycles. The number of para-hydroxylation sites is 1. The van der Waals surface area contributed by atoms with Crippen LogP contribution in [0, 0.1) is 5.41 Å². The van der Waals surface area contributed by atoms with Crippen molar-refractivity contribution in [1.82, 2.24) is 10.2 Å². The Labute approximate surface area is 118 Å². The highest BCUT2D eigenvalue weighted by atomic mass is 15.2. The van der Waals surface area contributed by atoms with Crippen LogP contribution in [0.15, 0.2) is 35.4 Å². The van der Waals surface area contributed by atoms with E-state index in [4.69, 9.17) is 5.84 Å². The molecule has 1 aromatic carbocycles. The number of benzene rings is 1. The first-order valence-corrected chi connectivity index (χ1v) is 6.75. The average molecular weight is 269 g/mol. The number of nitrogens with two attached hydrogens (primary N) is 1. The lowest BCUT2D eigenvalue weighted by Gasteiger charge is -2.29. The van der Waals surface area contributed by atoms with Crippen LogP contribution in [0.2, 0.25) is 0 Å². The van der Waals surface area contributed by atoms with Crippen LogP contribution < -0.4 is 11.2 Å². The maximum absolute atomic E-state index is 5.58. The highest BCUT2D eigenvalue weighted by Crippen LogP contribution is 2.37. The number of fused-ring (bicyclic) bond motifs is 1. The zero-order chi connectivity index (χ0) is 14.2. The third kappa shape index (κ3) is 2.27. The molecular weight excluding hydrogens is 250 g/mol. The van der Waals surface area contributed by atoms with Gasteiger partial charge in [-0.3, -0.25) is 5.10 Å². The second kappa shape index (κ2) is 4.67. The van der Waals surface area contributed by atoms with Crippen molar-refractivity contribution < 1.29 is 0 Å². The van der Waals surface area contributed by atoms with Gasteiger partial charge in [0.1, 0.15) is 0 Å². The van der Waals surface area contributed by atoms with Crippen molar-refractivity contribution in [1.29, 1.82) is 0 Å². The third-order valence-corrected chi connectivity index (χ3v) is 3.62. The van der Waals surface area contributed by atoms with Crippen molar-refractivity contribution in [3.8, 4) is 0 Å². The van der Waals surface area contributed by atoms with E-state index in [1.807, 2.05) is 30.3 Å². The molecule has 0 aliphatic heterocycles. The van der Waals surface area contributed by atoms with Gasteiger partial charge >= 0.3 is 0 Å². The average Bonchev–Trinajstić information content (AvgIpc) is 2.80. The number of anilines is 2. The van der Waals surface area contributed by atoms with E-state index in [9.17, 15) is 0 Å². The van der Waals surface area contributed by atoms with E-state index in [1.165, 1.54) is 0 Å². The molecule has 0 atom stereocenters. The van der Waals surface area contributed by atoms with E-state index >= 15 is 0 Å². The zero-order valence-electron chi connectivity index (χ0n) is 11.8. The summed E-state index contributed by atoms with van der Waals surface area (Å²) in [7, 11) is 0. The maximum Gasteiger partial charge on any atom is 0.161 e. The molecule has 104 valence electrons. The Bertz CT molecular complexity index is 640. The molecule has 5 nitrogen and oxygen atoms in total. The molecule has 1 aliphatic carbocycles. The van der Waals surface area contributed by atoms with Gasteiger partial charge in [-0.1, -0.05) is 32.0 Å². The van der Waals surface area contributed by atoms with Crippen LogP contribution >= 0.6 is 0 Å². The monoisotopic (exact) mass is 269 g/mol. The minimum Gasteiger partial charge on any atom is -0.338 e. The van der Waals surface area contributed by atoms with Crippen molar-refractivity contribution in [3.05, 3.63) is 41.6 Å². The molecule has 2 aromatic rings. The highest BCUT2D eigenvalue weighted by Gasteiger charge is 2.33. The predicted octanol–water partition coefficient (Wildman–Crippen LogP) is 2.79. The number of hydrazone groups is 1. The topological polar surface area (TPSA) is 79.1 Å².